The highest BCUT2D eigenvalue weighted by molar-refractivity contribution is 6.02. The van der Waals surface area contributed by atoms with Gasteiger partial charge >= 0.3 is 6.09 Å². The van der Waals surface area contributed by atoms with E-state index in [-0.39, 0.29) is 44.2 Å². The van der Waals surface area contributed by atoms with Gasteiger partial charge in [0.15, 0.2) is 0 Å². The highest BCUT2D eigenvalue weighted by Gasteiger charge is 2.65. The Labute approximate surface area is 325 Å². The monoisotopic (exact) mass is 752 g/mol. The van der Waals surface area contributed by atoms with Crippen LogP contribution in [0.25, 0.3) is 0 Å². The van der Waals surface area contributed by atoms with Crippen molar-refractivity contribution in [2.24, 2.45) is 22.9 Å². The molecule has 6 rings (SSSR count). The zero-order chi connectivity index (χ0) is 39.0. The fraction of sp³-hybridized carbons (Fsp3) is 0.467. The number of aliphatic hydroxyl groups excluding tert-OH is 2. The molecule has 3 aromatic carbocycles. The summed E-state index contributed by atoms with van der Waals surface area (Å²) < 4.78 is 26.5. The SMILES string of the molecule is C=CCO[C@@]12Oc3ccc(Oc4ccc(C)c(C)c4)cc3[C@H]3[C@H](CCCCO)[C@@H](CCCCO)C=C(C(=NOC)C[C@@H]1N(C)C(=O)OCc1ccccc1)[C@H]32. The summed E-state index contributed by atoms with van der Waals surface area (Å²) in [7, 11) is 3.26. The third-order valence-corrected chi connectivity index (χ3v) is 11.5. The topological polar surface area (TPSA) is 119 Å². The Hall–Kier alpha value is -4.64. The molecular weight excluding hydrogens is 697 g/mol. The Bertz CT molecular complexity index is 1840. The van der Waals surface area contributed by atoms with Gasteiger partial charge in [-0.25, -0.2) is 4.79 Å². The first-order valence-electron chi connectivity index (χ1n) is 19.5. The van der Waals surface area contributed by atoms with Crippen molar-refractivity contribution in [3.05, 3.63) is 113 Å². The van der Waals surface area contributed by atoms with Crippen LogP contribution >= 0.6 is 0 Å². The van der Waals surface area contributed by atoms with Crippen LogP contribution in [0.2, 0.25) is 0 Å². The Morgan fingerprint density at radius 3 is 2.42 bits per heavy atom. The molecule has 1 saturated carbocycles. The molecule has 1 aliphatic heterocycles. The van der Waals surface area contributed by atoms with Crippen molar-refractivity contribution in [2.75, 3.05) is 34.0 Å². The molecule has 3 aromatic rings. The molecule has 0 radical (unpaired) electrons. The maximum Gasteiger partial charge on any atom is 0.410 e. The molecule has 1 amide bonds. The van der Waals surface area contributed by atoms with Crippen LogP contribution in [-0.2, 0) is 20.9 Å². The number of carbonyl (C=O) groups is 1. The number of fused-ring (bicyclic) bond motifs is 2. The van der Waals surface area contributed by atoms with Crippen molar-refractivity contribution in [3.8, 4) is 17.2 Å². The largest absolute Gasteiger partial charge is 0.459 e. The van der Waals surface area contributed by atoms with Gasteiger partial charge in [0.2, 0.25) is 5.79 Å². The van der Waals surface area contributed by atoms with Crippen molar-refractivity contribution in [1.29, 1.82) is 0 Å². The molecule has 294 valence electrons. The molecule has 0 spiro atoms. The lowest BCUT2D eigenvalue weighted by Gasteiger charge is -2.59. The number of likely N-dealkylation sites (N-methyl/N-ethyl adjacent to an activating group) is 1. The quantitative estimate of drug-likeness (QED) is 0.0800. The number of nitrogens with zero attached hydrogens (tertiary/aromatic N) is 2. The van der Waals surface area contributed by atoms with Gasteiger partial charge in [-0.3, -0.25) is 0 Å². The van der Waals surface area contributed by atoms with E-state index >= 15 is 0 Å². The second kappa shape index (κ2) is 18.3. The summed E-state index contributed by atoms with van der Waals surface area (Å²) in [5.41, 5.74) is 5.89. The predicted octanol–water partition coefficient (Wildman–Crippen LogP) is 8.63. The molecule has 1 fully saturated rings. The minimum absolute atomic E-state index is 0.100. The number of hydrogen-bond acceptors (Lipinski definition) is 9. The Kier molecular flexibility index (Phi) is 13.3. The van der Waals surface area contributed by atoms with Crippen LogP contribution in [0.5, 0.6) is 17.2 Å². The van der Waals surface area contributed by atoms with E-state index < -0.39 is 23.8 Å². The number of amides is 1. The number of rotatable bonds is 17. The number of unbranched alkanes of at least 4 members (excludes halogenated alkanes) is 2. The first kappa shape index (κ1) is 40.0. The van der Waals surface area contributed by atoms with E-state index in [2.05, 4.69) is 43.8 Å². The number of allylic oxidation sites excluding steroid dienone is 1. The second-order valence-corrected chi connectivity index (χ2v) is 15.0. The van der Waals surface area contributed by atoms with Crippen LogP contribution in [0.4, 0.5) is 4.79 Å². The third kappa shape index (κ3) is 8.62. The molecule has 1 heterocycles. The van der Waals surface area contributed by atoms with E-state index in [0.29, 0.717) is 30.8 Å². The average molecular weight is 753 g/mol. The summed E-state index contributed by atoms with van der Waals surface area (Å²) in [5, 5.41) is 24.2. The molecular formula is C45H56N2O8. The van der Waals surface area contributed by atoms with Crippen molar-refractivity contribution < 1.29 is 38.8 Å². The number of aryl methyl sites for hydroxylation is 2. The van der Waals surface area contributed by atoms with Gasteiger partial charge in [0.1, 0.15) is 37.0 Å². The Morgan fingerprint density at radius 2 is 1.71 bits per heavy atom. The molecule has 10 heteroatoms. The summed E-state index contributed by atoms with van der Waals surface area (Å²) in [4.78, 5) is 21.1. The number of benzene rings is 3. The second-order valence-electron chi connectivity index (χ2n) is 15.0. The first-order chi connectivity index (χ1) is 26.7. The standard InChI is InChI=1S/C45H56N2O8/c1-6-24-53-45-41(47(4)44(50)52-29-32-14-8-7-9-15-32)28-39(46-51-5)37-26-33(16-10-12-22-48)36(17-11-13-23-49)42(43(37)45)38-27-35(20-21-40(38)55-45)54-34-19-18-30(2)31(3)25-34/h6-9,14-15,18-21,25-27,33,36,41-43,48-49H,1,10-13,16-17,22-24,28-29H2,2-5H3/t33-,36+,41-,42+,43+,45+/m0/s1. The summed E-state index contributed by atoms with van der Waals surface area (Å²) in [5.74, 6) is 0.388. The van der Waals surface area contributed by atoms with E-state index in [1.165, 1.54) is 12.7 Å². The highest BCUT2D eigenvalue weighted by Crippen LogP contribution is 2.62. The Balaban J connectivity index is 1.51. The van der Waals surface area contributed by atoms with Crippen molar-refractivity contribution in [3.63, 3.8) is 0 Å². The molecule has 0 aromatic heterocycles. The smallest absolute Gasteiger partial charge is 0.410 e. The van der Waals surface area contributed by atoms with E-state index in [4.69, 9.17) is 23.8 Å². The zero-order valence-electron chi connectivity index (χ0n) is 32.6. The first-order valence-corrected chi connectivity index (χ1v) is 19.5. The van der Waals surface area contributed by atoms with Crippen LogP contribution in [0.3, 0.4) is 0 Å². The average Bonchev–Trinajstić information content (AvgIpc) is 3.19. The molecule has 0 unspecified atom stereocenters. The van der Waals surface area contributed by atoms with Crippen molar-refractivity contribution in [1.82, 2.24) is 4.90 Å². The fourth-order valence-corrected chi connectivity index (χ4v) is 8.76. The van der Waals surface area contributed by atoms with Gasteiger partial charge in [-0.15, -0.1) is 6.58 Å². The zero-order valence-corrected chi connectivity index (χ0v) is 32.6. The van der Waals surface area contributed by atoms with Crippen LogP contribution in [0.1, 0.15) is 73.1 Å². The lowest BCUT2D eigenvalue weighted by Crippen LogP contribution is -2.69. The molecule has 10 nitrogen and oxygen atoms in total. The van der Waals surface area contributed by atoms with Crippen molar-refractivity contribution in [2.45, 2.75) is 83.1 Å². The number of ether oxygens (including phenoxy) is 4. The lowest BCUT2D eigenvalue weighted by atomic mass is 9.55. The third-order valence-electron chi connectivity index (χ3n) is 11.5. The summed E-state index contributed by atoms with van der Waals surface area (Å²) in [6.07, 6.45) is 8.56. The number of oxime groups is 1. The minimum atomic E-state index is -1.35. The molecule has 55 heavy (non-hydrogen) atoms. The summed E-state index contributed by atoms with van der Waals surface area (Å²) in [6.45, 7) is 8.67. The van der Waals surface area contributed by atoms with Gasteiger partial charge < -0.3 is 38.9 Å². The van der Waals surface area contributed by atoms with E-state index in [1.807, 2.05) is 54.6 Å². The highest BCUT2D eigenvalue weighted by atomic mass is 16.7. The van der Waals surface area contributed by atoms with Gasteiger partial charge in [-0.1, -0.05) is 66.5 Å². The van der Waals surface area contributed by atoms with Gasteiger partial charge in [0, 0.05) is 38.2 Å². The molecule has 6 atom stereocenters. The van der Waals surface area contributed by atoms with E-state index in [1.54, 1.807) is 18.0 Å². The van der Waals surface area contributed by atoms with E-state index in [9.17, 15) is 15.0 Å². The molecule has 3 aliphatic rings. The van der Waals surface area contributed by atoms with Gasteiger partial charge in [-0.05, 0) is 104 Å². The molecule has 2 aliphatic carbocycles. The van der Waals surface area contributed by atoms with Crippen molar-refractivity contribution >= 4 is 11.8 Å². The molecule has 2 N–H and O–H groups in total. The van der Waals surface area contributed by atoms with Crippen LogP contribution < -0.4 is 9.47 Å². The summed E-state index contributed by atoms with van der Waals surface area (Å²) >= 11 is 0. The maximum atomic E-state index is 14.0. The lowest BCUT2D eigenvalue weighted by molar-refractivity contribution is -0.253. The number of hydrogen-bond donors (Lipinski definition) is 2. The molecule has 0 bridgehead atoms. The minimum Gasteiger partial charge on any atom is -0.459 e. The molecule has 0 saturated heterocycles. The van der Waals surface area contributed by atoms with Gasteiger partial charge in [0.05, 0.1) is 18.2 Å². The number of aliphatic hydroxyl groups is 2. The maximum absolute atomic E-state index is 14.0. The van der Waals surface area contributed by atoms with Crippen LogP contribution in [0.15, 0.2) is 96.2 Å². The summed E-state index contributed by atoms with van der Waals surface area (Å²) in [6, 6.07) is 21.0. The van der Waals surface area contributed by atoms with E-state index in [0.717, 1.165) is 59.4 Å². The van der Waals surface area contributed by atoms with Crippen LogP contribution in [-0.4, -0.2) is 72.7 Å². The Morgan fingerprint density at radius 1 is 0.982 bits per heavy atom. The van der Waals surface area contributed by atoms with Crippen LogP contribution in [0, 0.1) is 31.6 Å². The van der Waals surface area contributed by atoms with Gasteiger partial charge in [0.25, 0.3) is 0 Å². The normalized spacial score (nSPS) is 24.5. The van der Waals surface area contributed by atoms with Gasteiger partial charge in [-0.2, -0.15) is 0 Å². The predicted molar refractivity (Wildman–Crippen MR) is 212 cm³/mol. The fourth-order valence-electron chi connectivity index (χ4n) is 8.76. The number of carbonyl (C=O) groups excluding carboxylic acids is 1.